The van der Waals surface area contributed by atoms with E-state index in [1.54, 1.807) is 0 Å². The van der Waals surface area contributed by atoms with Crippen LogP contribution < -0.4 is 9.47 Å². The molecular weight excluding hydrogens is 378 g/mol. The van der Waals surface area contributed by atoms with Gasteiger partial charge >= 0.3 is 0 Å². The lowest BCUT2D eigenvalue weighted by atomic mass is 9.89. The summed E-state index contributed by atoms with van der Waals surface area (Å²) >= 11 is 0. The van der Waals surface area contributed by atoms with Crippen molar-refractivity contribution in [1.29, 1.82) is 0 Å². The average Bonchev–Trinajstić information content (AvgIpc) is 2.73. The molecule has 30 heavy (non-hydrogen) atoms. The molecule has 1 rings (SSSR count). The first-order valence-electron chi connectivity index (χ1n) is 10.6. The molecule has 0 saturated carbocycles. The molecule has 1 aromatic rings. The number of rotatable bonds is 11. The zero-order valence-corrected chi connectivity index (χ0v) is 19.8. The molecule has 1 heterocycles. The highest BCUT2D eigenvalue weighted by atomic mass is 16.5. The number of aromatic nitrogens is 1. The summed E-state index contributed by atoms with van der Waals surface area (Å²) in [7, 11) is 3.00. The summed E-state index contributed by atoms with van der Waals surface area (Å²) in [5.41, 5.74) is 3.73. The van der Waals surface area contributed by atoms with E-state index < -0.39 is 0 Å². The Balaban J connectivity index is 2.69. The summed E-state index contributed by atoms with van der Waals surface area (Å²) in [4.78, 5) is 4.48. The van der Waals surface area contributed by atoms with E-state index in [2.05, 4.69) is 44.0 Å². The predicted molar refractivity (Wildman–Crippen MR) is 123 cm³/mol. The molecule has 0 amide bonds. The van der Waals surface area contributed by atoms with Crippen molar-refractivity contribution < 1.29 is 19.7 Å². The second-order valence-electron chi connectivity index (χ2n) is 8.13. The van der Waals surface area contributed by atoms with E-state index in [-0.39, 0.29) is 23.5 Å². The maximum atomic E-state index is 10.3. The normalized spacial score (nSPS) is 15.9. The van der Waals surface area contributed by atoms with Crippen molar-refractivity contribution in [3.05, 3.63) is 46.7 Å². The van der Waals surface area contributed by atoms with Gasteiger partial charge in [0.05, 0.1) is 26.0 Å². The highest BCUT2D eigenvalue weighted by Gasteiger charge is 2.18. The van der Waals surface area contributed by atoms with Gasteiger partial charge in [0.2, 0.25) is 5.75 Å². The van der Waals surface area contributed by atoms with Gasteiger partial charge in [-0.1, -0.05) is 43.7 Å². The van der Waals surface area contributed by atoms with Crippen LogP contribution in [0.2, 0.25) is 0 Å². The summed E-state index contributed by atoms with van der Waals surface area (Å²) in [6.07, 6.45) is 10.5. The topological polar surface area (TPSA) is 71.8 Å². The van der Waals surface area contributed by atoms with Crippen molar-refractivity contribution in [2.75, 3.05) is 14.2 Å². The van der Waals surface area contributed by atoms with E-state index >= 15 is 0 Å². The SMILES string of the molecule is C/C=C(\C)[C@H](O)[C@H](C)CC(C)/C=C/C/C(C)=C/Cc1nc(OC)c(OC)c(O)c1C. The molecule has 0 spiro atoms. The van der Waals surface area contributed by atoms with Crippen LogP contribution >= 0.6 is 0 Å². The quantitative estimate of drug-likeness (QED) is 0.463. The van der Waals surface area contributed by atoms with Gasteiger partial charge in [-0.25, -0.2) is 4.98 Å². The van der Waals surface area contributed by atoms with Gasteiger partial charge in [-0.05, 0) is 57.9 Å². The van der Waals surface area contributed by atoms with Gasteiger partial charge in [0.25, 0.3) is 5.88 Å². The third-order valence-corrected chi connectivity index (χ3v) is 5.58. The Hall–Kier alpha value is -2.27. The molecule has 0 saturated heterocycles. The molecule has 0 radical (unpaired) electrons. The fraction of sp³-hybridized carbons (Fsp3) is 0.560. The van der Waals surface area contributed by atoms with E-state index in [0.717, 1.165) is 24.1 Å². The Labute approximate surface area is 182 Å². The third-order valence-electron chi connectivity index (χ3n) is 5.58. The smallest absolute Gasteiger partial charge is 0.261 e. The zero-order valence-electron chi connectivity index (χ0n) is 19.8. The predicted octanol–water partition coefficient (Wildman–Crippen LogP) is 5.54. The standard InChI is InChI=1S/C25H39NO4/c1-9-18(4)22(27)19(5)15-17(3)12-10-11-16(2)13-14-21-20(6)23(28)24(29-7)25(26-21)30-8/h9-10,12-13,17,19,22,27H,11,14-15H2,1-8H3,(H,26,28)/b12-10+,16-13+,18-9+/t17?,19-,22+/m1/s1. The van der Waals surface area contributed by atoms with Gasteiger partial charge in [-0.3, -0.25) is 0 Å². The van der Waals surface area contributed by atoms with E-state index in [4.69, 9.17) is 9.47 Å². The van der Waals surface area contributed by atoms with Crippen molar-refractivity contribution in [2.24, 2.45) is 11.8 Å². The lowest BCUT2D eigenvalue weighted by molar-refractivity contribution is 0.139. The van der Waals surface area contributed by atoms with E-state index in [0.29, 0.717) is 23.8 Å². The van der Waals surface area contributed by atoms with Crippen LogP contribution in [-0.2, 0) is 6.42 Å². The number of hydrogen-bond acceptors (Lipinski definition) is 5. The Morgan fingerprint density at radius 1 is 1.17 bits per heavy atom. The van der Waals surface area contributed by atoms with Gasteiger partial charge in [-0.15, -0.1) is 0 Å². The minimum Gasteiger partial charge on any atom is -0.504 e. The fourth-order valence-corrected chi connectivity index (χ4v) is 3.44. The minimum absolute atomic E-state index is 0.0728. The molecule has 5 heteroatoms. The highest BCUT2D eigenvalue weighted by molar-refractivity contribution is 5.53. The average molecular weight is 418 g/mol. The number of pyridine rings is 1. The third kappa shape index (κ3) is 7.21. The van der Waals surface area contributed by atoms with Crippen LogP contribution in [0, 0.1) is 18.8 Å². The lowest BCUT2D eigenvalue weighted by Gasteiger charge is -2.21. The summed E-state index contributed by atoms with van der Waals surface area (Å²) in [6.45, 7) is 12.1. The Bertz CT molecular complexity index is 780. The van der Waals surface area contributed by atoms with Crippen LogP contribution in [0.1, 0.15) is 58.7 Å². The molecule has 0 aliphatic carbocycles. The molecule has 0 bridgehead atoms. The molecule has 168 valence electrons. The van der Waals surface area contributed by atoms with Gasteiger partial charge in [0.15, 0.2) is 5.75 Å². The maximum absolute atomic E-state index is 10.3. The summed E-state index contributed by atoms with van der Waals surface area (Å²) in [5.74, 6) is 1.26. The van der Waals surface area contributed by atoms with Crippen LogP contribution in [0.25, 0.3) is 0 Å². The number of aliphatic hydroxyl groups excluding tert-OH is 1. The number of nitrogens with zero attached hydrogens (tertiary/aromatic N) is 1. The van der Waals surface area contributed by atoms with Crippen LogP contribution in [0.4, 0.5) is 0 Å². The molecule has 1 unspecified atom stereocenters. The first kappa shape index (κ1) is 25.8. The molecule has 0 aliphatic heterocycles. The van der Waals surface area contributed by atoms with Gasteiger partial charge in [0.1, 0.15) is 0 Å². The monoisotopic (exact) mass is 417 g/mol. The summed E-state index contributed by atoms with van der Waals surface area (Å²) in [5, 5.41) is 20.6. The van der Waals surface area contributed by atoms with Crippen molar-refractivity contribution in [1.82, 2.24) is 4.98 Å². The number of aromatic hydroxyl groups is 1. The minimum atomic E-state index is -0.374. The lowest BCUT2D eigenvalue weighted by Crippen LogP contribution is -2.20. The van der Waals surface area contributed by atoms with Crippen LogP contribution in [0.15, 0.2) is 35.5 Å². The Morgan fingerprint density at radius 3 is 2.40 bits per heavy atom. The molecule has 3 atom stereocenters. The molecule has 1 aromatic heterocycles. The number of hydrogen-bond donors (Lipinski definition) is 2. The molecule has 0 aromatic carbocycles. The van der Waals surface area contributed by atoms with Crippen molar-refractivity contribution >= 4 is 0 Å². The summed E-state index contributed by atoms with van der Waals surface area (Å²) < 4.78 is 10.4. The van der Waals surface area contributed by atoms with Crippen molar-refractivity contribution in [2.45, 2.75) is 66.9 Å². The largest absolute Gasteiger partial charge is 0.504 e. The second-order valence-corrected chi connectivity index (χ2v) is 8.13. The molecule has 5 nitrogen and oxygen atoms in total. The molecule has 0 fully saturated rings. The Morgan fingerprint density at radius 2 is 1.83 bits per heavy atom. The van der Waals surface area contributed by atoms with Crippen LogP contribution in [0.3, 0.4) is 0 Å². The number of aliphatic hydroxyl groups is 1. The van der Waals surface area contributed by atoms with Crippen LogP contribution in [-0.4, -0.2) is 35.5 Å². The second kappa shape index (κ2) is 12.4. The van der Waals surface area contributed by atoms with Crippen LogP contribution in [0.5, 0.6) is 17.4 Å². The highest BCUT2D eigenvalue weighted by Crippen LogP contribution is 2.38. The van der Waals surface area contributed by atoms with Crippen molar-refractivity contribution in [3.63, 3.8) is 0 Å². The van der Waals surface area contributed by atoms with E-state index in [1.807, 2.05) is 26.8 Å². The van der Waals surface area contributed by atoms with Gasteiger partial charge in [0, 0.05) is 12.0 Å². The number of ether oxygens (including phenoxy) is 2. The Kier molecular flexibility index (Phi) is 10.7. The van der Waals surface area contributed by atoms with E-state index in [1.165, 1.54) is 19.8 Å². The molecular formula is C25H39NO4. The maximum Gasteiger partial charge on any atom is 0.261 e. The molecule has 2 N–H and O–H groups in total. The number of methoxy groups -OCH3 is 2. The van der Waals surface area contributed by atoms with Gasteiger partial charge < -0.3 is 19.7 Å². The first-order valence-corrected chi connectivity index (χ1v) is 10.6. The van der Waals surface area contributed by atoms with E-state index in [9.17, 15) is 10.2 Å². The first-order chi connectivity index (χ1) is 14.2. The molecule has 0 aliphatic rings. The zero-order chi connectivity index (χ0) is 22.8. The van der Waals surface area contributed by atoms with Gasteiger partial charge in [-0.2, -0.15) is 0 Å². The van der Waals surface area contributed by atoms with Crippen molar-refractivity contribution in [3.8, 4) is 17.4 Å². The summed E-state index contributed by atoms with van der Waals surface area (Å²) in [6, 6.07) is 0. The number of allylic oxidation sites excluding steroid dienone is 5. The fourth-order valence-electron chi connectivity index (χ4n) is 3.44.